The quantitative estimate of drug-likeness (QED) is 0.853. The molecule has 7 heteroatoms. The number of hydrogen-bond donors (Lipinski definition) is 1. The molecule has 1 heterocycles. The van der Waals surface area contributed by atoms with Gasteiger partial charge in [-0.15, -0.1) is 0 Å². The zero-order valence-corrected chi connectivity index (χ0v) is 13.0. The maximum atomic E-state index is 11.8. The highest BCUT2D eigenvalue weighted by Gasteiger charge is 2.12. The van der Waals surface area contributed by atoms with Gasteiger partial charge in [-0.1, -0.05) is 0 Å². The number of halogens is 1. The number of nitrogens with one attached hydrogen (secondary N) is 1. The molecule has 0 saturated carbocycles. The first kappa shape index (κ1) is 15.7. The van der Waals surface area contributed by atoms with Crippen LogP contribution in [0.25, 0.3) is 0 Å². The van der Waals surface area contributed by atoms with E-state index in [1.54, 1.807) is 11.1 Å². The van der Waals surface area contributed by atoms with Crippen LogP contribution in [0.15, 0.2) is 15.5 Å². The summed E-state index contributed by atoms with van der Waals surface area (Å²) >= 11 is 3.23. The van der Waals surface area contributed by atoms with E-state index in [1.807, 2.05) is 20.8 Å². The minimum absolute atomic E-state index is 0.00318. The minimum Gasteiger partial charge on any atom is -0.374 e. The Labute approximate surface area is 120 Å². The van der Waals surface area contributed by atoms with Gasteiger partial charge >= 0.3 is 0 Å². The predicted octanol–water partition coefficient (Wildman–Crippen LogP) is 1.31. The highest BCUT2D eigenvalue weighted by Crippen LogP contribution is 2.15. The lowest BCUT2D eigenvalue weighted by Gasteiger charge is -2.19. The average molecular weight is 331 g/mol. The first-order valence-corrected chi connectivity index (χ1v) is 7.11. The summed E-state index contributed by atoms with van der Waals surface area (Å²) in [7, 11) is 0. The van der Waals surface area contributed by atoms with Crippen LogP contribution >= 0.6 is 15.9 Å². The van der Waals surface area contributed by atoms with Gasteiger partial charge in [0, 0.05) is 19.6 Å². The lowest BCUT2D eigenvalue weighted by molar-refractivity contribution is -0.128. The van der Waals surface area contributed by atoms with Crippen LogP contribution in [0.1, 0.15) is 20.8 Å². The van der Waals surface area contributed by atoms with Crippen LogP contribution in [-0.2, 0) is 11.3 Å². The van der Waals surface area contributed by atoms with Gasteiger partial charge in [0.2, 0.25) is 5.91 Å². The molecular formula is C12H19BrN4O2. The average Bonchev–Trinajstić information content (AvgIpc) is 2.42. The third-order valence-electron chi connectivity index (χ3n) is 2.83. The summed E-state index contributed by atoms with van der Waals surface area (Å²) < 4.78 is 1.75. The van der Waals surface area contributed by atoms with E-state index < -0.39 is 0 Å². The van der Waals surface area contributed by atoms with Crippen molar-refractivity contribution in [2.75, 3.05) is 25.0 Å². The Kier molecular flexibility index (Phi) is 6.01. The third kappa shape index (κ3) is 3.79. The van der Waals surface area contributed by atoms with Crippen LogP contribution in [-0.4, -0.2) is 40.2 Å². The van der Waals surface area contributed by atoms with Crippen LogP contribution in [0.2, 0.25) is 0 Å². The second kappa shape index (κ2) is 7.28. The van der Waals surface area contributed by atoms with Crippen molar-refractivity contribution in [3.05, 3.63) is 21.0 Å². The molecule has 1 rings (SSSR count). The summed E-state index contributed by atoms with van der Waals surface area (Å²) in [5.74, 6) is -0.00318. The first-order valence-electron chi connectivity index (χ1n) is 6.32. The fourth-order valence-electron chi connectivity index (χ4n) is 1.67. The Bertz CT molecular complexity index is 497. The molecule has 0 aliphatic carbocycles. The maximum absolute atomic E-state index is 11.8. The van der Waals surface area contributed by atoms with Gasteiger partial charge in [-0.05, 0) is 36.7 Å². The van der Waals surface area contributed by atoms with Gasteiger partial charge in [-0.3, -0.25) is 9.59 Å². The predicted molar refractivity (Wildman–Crippen MR) is 78.3 cm³/mol. The van der Waals surface area contributed by atoms with Gasteiger partial charge in [0.25, 0.3) is 5.56 Å². The Hall–Kier alpha value is -1.37. The van der Waals surface area contributed by atoms with Gasteiger partial charge in [0.15, 0.2) is 0 Å². The molecule has 0 aliphatic heterocycles. The van der Waals surface area contributed by atoms with Gasteiger partial charge in [-0.25, -0.2) is 4.68 Å². The Morgan fingerprint density at radius 2 is 2.05 bits per heavy atom. The second-order valence-corrected chi connectivity index (χ2v) is 4.71. The van der Waals surface area contributed by atoms with E-state index in [4.69, 9.17) is 0 Å². The third-order valence-corrected chi connectivity index (χ3v) is 3.60. The second-order valence-electron chi connectivity index (χ2n) is 3.91. The molecule has 1 amide bonds. The summed E-state index contributed by atoms with van der Waals surface area (Å²) in [5.41, 5.74) is 0.331. The molecule has 0 bridgehead atoms. The largest absolute Gasteiger partial charge is 0.374 e. The van der Waals surface area contributed by atoms with Crippen molar-refractivity contribution in [1.29, 1.82) is 0 Å². The molecule has 1 aromatic heterocycles. The van der Waals surface area contributed by atoms with Gasteiger partial charge in [-0.2, -0.15) is 5.10 Å². The van der Waals surface area contributed by atoms with Crippen molar-refractivity contribution in [3.8, 4) is 0 Å². The van der Waals surface area contributed by atoms with E-state index in [-0.39, 0.29) is 18.0 Å². The number of nitrogens with zero attached hydrogens (tertiary/aromatic N) is 3. The van der Waals surface area contributed by atoms with Crippen LogP contribution in [0.3, 0.4) is 0 Å². The van der Waals surface area contributed by atoms with E-state index in [0.29, 0.717) is 29.8 Å². The number of carbonyl (C=O) groups is 1. The molecular weight excluding hydrogens is 312 g/mol. The van der Waals surface area contributed by atoms with Crippen LogP contribution in [0.5, 0.6) is 0 Å². The van der Waals surface area contributed by atoms with Crippen LogP contribution in [0.4, 0.5) is 5.69 Å². The van der Waals surface area contributed by atoms with Crippen molar-refractivity contribution < 1.29 is 4.79 Å². The summed E-state index contributed by atoms with van der Waals surface area (Å²) in [6, 6.07) is 0. The fourth-order valence-corrected chi connectivity index (χ4v) is 2.12. The fraction of sp³-hybridized carbons (Fsp3) is 0.583. The molecule has 0 radical (unpaired) electrons. The number of carbonyl (C=O) groups excluding carboxylic acids is 1. The van der Waals surface area contributed by atoms with Gasteiger partial charge < -0.3 is 10.2 Å². The molecule has 6 nitrogen and oxygen atoms in total. The summed E-state index contributed by atoms with van der Waals surface area (Å²) in [6.45, 7) is 7.72. The van der Waals surface area contributed by atoms with Crippen molar-refractivity contribution in [2.45, 2.75) is 27.3 Å². The van der Waals surface area contributed by atoms with Crippen molar-refractivity contribution >= 4 is 27.5 Å². The molecule has 0 unspecified atom stereocenters. The lowest BCUT2D eigenvalue weighted by Crippen LogP contribution is -2.35. The van der Waals surface area contributed by atoms with Crippen molar-refractivity contribution in [1.82, 2.24) is 14.7 Å². The zero-order valence-electron chi connectivity index (χ0n) is 11.4. The van der Waals surface area contributed by atoms with Crippen LogP contribution < -0.4 is 10.9 Å². The van der Waals surface area contributed by atoms with Crippen LogP contribution in [0, 0.1) is 0 Å². The highest BCUT2D eigenvalue weighted by molar-refractivity contribution is 9.10. The number of hydrogen-bond acceptors (Lipinski definition) is 4. The molecule has 1 aromatic rings. The SMILES string of the molecule is CCN(CC)C(=O)CNc1cnn(CC)c(=O)c1Br. The number of likely N-dealkylation sites (N-methyl/N-ethyl adjacent to an activating group) is 1. The molecule has 1 N–H and O–H groups in total. The Morgan fingerprint density at radius 3 is 2.58 bits per heavy atom. The smallest absolute Gasteiger partial charge is 0.283 e. The Morgan fingerprint density at radius 1 is 1.42 bits per heavy atom. The molecule has 0 atom stereocenters. The van der Waals surface area contributed by atoms with Gasteiger partial charge in [0.1, 0.15) is 4.47 Å². The number of amides is 1. The summed E-state index contributed by atoms with van der Waals surface area (Å²) in [5, 5.41) is 6.95. The summed E-state index contributed by atoms with van der Waals surface area (Å²) in [4.78, 5) is 25.4. The molecule has 0 spiro atoms. The number of aryl methyl sites for hydroxylation is 1. The highest BCUT2D eigenvalue weighted by atomic mass is 79.9. The van der Waals surface area contributed by atoms with Crippen molar-refractivity contribution in [3.63, 3.8) is 0 Å². The number of rotatable bonds is 6. The first-order chi connectivity index (χ1) is 9.04. The zero-order chi connectivity index (χ0) is 14.4. The molecule has 0 aliphatic rings. The van der Waals surface area contributed by atoms with Gasteiger partial charge in [0.05, 0.1) is 18.4 Å². The molecule has 0 saturated heterocycles. The van der Waals surface area contributed by atoms with E-state index in [2.05, 4.69) is 26.3 Å². The maximum Gasteiger partial charge on any atom is 0.283 e. The topological polar surface area (TPSA) is 67.2 Å². The van der Waals surface area contributed by atoms with E-state index in [1.165, 1.54) is 4.68 Å². The summed E-state index contributed by atoms with van der Waals surface area (Å²) in [6.07, 6.45) is 1.55. The molecule has 0 aromatic carbocycles. The number of aromatic nitrogens is 2. The Balaban J connectivity index is 2.77. The molecule has 19 heavy (non-hydrogen) atoms. The van der Waals surface area contributed by atoms with E-state index in [0.717, 1.165) is 0 Å². The number of anilines is 1. The standard InChI is InChI=1S/C12H19BrN4O2/c1-4-16(5-2)10(18)8-14-9-7-15-17(6-3)12(19)11(9)13/h7,14H,4-6,8H2,1-3H3. The molecule has 106 valence electrons. The van der Waals surface area contributed by atoms with E-state index >= 15 is 0 Å². The monoisotopic (exact) mass is 330 g/mol. The normalized spacial score (nSPS) is 10.3. The molecule has 0 fully saturated rings. The minimum atomic E-state index is -0.206. The lowest BCUT2D eigenvalue weighted by atomic mass is 10.4. The van der Waals surface area contributed by atoms with Crippen molar-refractivity contribution in [2.24, 2.45) is 0 Å². The van der Waals surface area contributed by atoms with E-state index in [9.17, 15) is 9.59 Å².